The van der Waals surface area contributed by atoms with Crippen LogP contribution in [0.25, 0.3) is 33.5 Å². The number of benzene rings is 3. The zero-order chi connectivity index (χ0) is 82.2. The molecule has 612 valence electrons. The number of fused-ring (bicyclic) bond motifs is 6. The molecule has 6 aliphatic heterocycles. The number of anilines is 3. The van der Waals surface area contributed by atoms with Crippen LogP contribution in [0, 0.1) is 0 Å². The lowest BCUT2D eigenvalue weighted by molar-refractivity contribution is -0.152. The number of ether oxygens (including phenoxy) is 12. The Hall–Kier alpha value is -14.0. The fourth-order valence-electron chi connectivity index (χ4n) is 14.1. The van der Waals surface area contributed by atoms with Crippen LogP contribution in [0.2, 0.25) is 0 Å². The van der Waals surface area contributed by atoms with Crippen molar-refractivity contribution in [3.05, 3.63) is 217 Å². The number of aromatic nitrogens is 15. The zero-order valence-corrected chi connectivity index (χ0v) is 62.9. The fraction of sp³-hybridized carbons (Fsp3) is 0.299. The topological polar surface area (TPSA) is 516 Å². The van der Waals surface area contributed by atoms with Crippen molar-refractivity contribution in [1.29, 1.82) is 0 Å². The first-order valence-corrected chi connectivity index (χ1v) is 37.2. The minimum atomic E-state index is -1.16. The van der Waals surface area contributed by atoms with Crippen LogP contribution in [-0.2, 0) is 42.6 Å². The summed E-state index contributed by atoms with van der Waals surface area (Å²) in [7, 11) is 1.49. The second-order valence-electron chi connectivity index (χ2n) is 26.8. The molecule has 6 saturated heterocycles. The van der Waals surface area contributed by atoms with Crippen molar-refractivity contribution in [1.82, 2.24) is 89.5 Å². The van der Waals surface area contributed by atoms with Crippen molar-refractivity contribution in [2.45, 2.75) is 106 Å². The molecule has 12 aromatic rings. The molecule has 18 rings (SSSR count). The van der Waals surface area contributed by atoms with E-state index in [0.29, 0.717) is 46.6 Å². The number of carboxylic acids is 3. The monoisotopic (exact) mass is 1630 g/mol. The standard InChI is InChI=1S/2C26H25N7O7.C25H23N7O7/c2*1-2-27-26(36)32-20-17-21(30-12-29-20)33(13-31-17)23-19-18(39-25(40-19)14-7-4-3-5-8-14)16(38-23)11-37-22-15(24(34)35)9-6-10-28-22;1-26-25(35)31-19-16-20(29-11-28-19)32(12-30-16)22-18-17(38-24(39-18)13-6-3-2-4-7-13)15(37-22)10-36-21-14(23(33)34)8-5-9-27-21/h2*3-10,12-13,16,18-19,23,25H,2,11H2,1H3,(H,34,35)(H2,27,29,30,32,36);2-9,11-12,15,17-18,22,24H,10H2,1H3,(H,33,34)(H2,26,28,29,31,35)/t2*16?,18?,19?,23?,25-;15?,17?,18?,22?,24-/m100/s1. The second-order valence-corrected chi connectivity index (χ2v) is 26.8. The van der Waals surface area contributed by atoms with Gasteiger partial charge in [-0.15, -0.1) is 0 Å². The number of pyridine rings is 3. The summed E-state index contributed by atoms with van der Waals surface area (Å²) >= 11 is 0. The highest BCUT2D eigenvalue weighted by Crippen LogP contribution is 2.49. The molecule has 0 radical (unpaired) electrons. The number of nitrogens with zero attached hydrogens (tertiary/aromatic N) is 15. The van der Waals surface area contributed by atoms with Crippen molar-refractivity contribution >= 4 is 86.9 Å². The van der Waals surface area contributed by atoms with Gasteiger partial charge in [0.1, 0.15) is 110 Å². The Bertz CT molecular complexity index is 5440. The Kier molecular flexibility index (Phi) is 23.4. The number of carbonyl (C=O) groups is 6. The summed E-state index contributed by atoms with van der Waals surface area (Å²) in [5, 5.41) is 44.2. The molecule has 6 aliphatic rings. The Morgan fingerprint density at radius 2 is 0.655 bits per heavy atom. The zero-order valence-electron chi connectivity index (χ0n) is 62.9. The van der Waals surface area contributed by atoms with Crippen LogP contribution in [-0.4, -0.2) is 220 Å². The molecule has 9 N–H and O–H groups in total. The SMILES string of the molecule is CCNC(=O)Nc1ncnc2c1ncn2C1OC(COc2ncccc2C(=O)O)C2O[C@@H](c3ccccc3)OC21.CCNC(=O)Nc1ncnc2c1ncn2C1OC(COc2ncccc2C(=O)O)C2O[C@H](c3ccccc3)OC21.CNC(=O)Nc1ncnc2c1ncn2C1OC(COc2ncccc2C(=O)O)C2O[C@H](c3ccccc3)OC21. The third-order valence-corrected chi connectivity index (χ3v) is 19.4. The minimum Gasteiger partial charge on any atom is -0.477 e. The maximum Gasteiger partial charge on any atom is 0.341 e. The predicted octanol–water partition coefficient (Wildman–Crippen LogP) is 7.17. The maximum absolute atomic E-state index is 12.1. The van der Waals surface area contributed by atoms with Crippen LogP contribution in [0.5, 0.6) is 17.6 Å². The molecule has 0 aliphatic carbocycles. The lowest BCUT2D eigenvalue weighted by Crippen LogP contribution is -2.33. The van der Waals surface area contributed by atoms with Gasteiger partial charge >= 0.3 is 36.0 Å². The van der Waals surface area contributed by atoms with Crippen molar-refractivity contribution in [3.63, 3.8) is 0 Å². The molecular weight excluding hydrogens is 1550 g/mol. The number of rotatable bonds is 23. The van der Waals surface area contributed by atoms with E-state index in [0.717, 1.165) is 16.7 Å². The largest absolute Gasteiger partial charge is 0.477 e. The van der Waals surface area contributed by atoms with Gasteiger partial charge in [0.15, 0.2) is 88.5 Å². The van der Waals surface area contributed by atoms with Crippen LogP contribution in [0.1, 0.15) is 99.2 Å². The van der Waals surface area contributed by atoms with Crippen LogP contribution < -0.4 is 46.1 Å². The normalized spacial score (nSPS) is 23.7. The summed E-state index contributed by atoms with van der Waals surface area (Å²) in [6.45, 7) is 4.36. The molecule has 0 spiro atoms. The molecule has 12 unspecified atom stereocenters. The molecule has 119 heavy (non-hydrogen) atoms. The van der Waals surface area contributed by atoms with E-state index in [1.807, 2.05) is 91.0 Å². The second kappa shape index (κ2) is 35.2. The third-order valence-electron chi connectivity index (χ3n) is 19.4. The van der Waals surface area contributed by atoms with Gasteiger partial charge in [-0.2, -0.15) is 0 Å². The van der Waals surface area contributed by atoms with E-state index in [4.69, 9.17) is 56.8 Å². The number of imidazole rings is 3. The van der Waals surface area contributed by atoms with E-state index >= 15 is 0 Å². The van der Waals surface area contributed by atoms with Crippen molar-refractivity contribution in [2.24, 2.45) is 0 Å². The number of hydrogen-bond acceptors (Lipinski definition) is 30. The number of carboxylic acid groups (broad SMARTS) is 3. The molecule has 42 nitrogen and oxygen atoms in total. The van der Waals surface area contributed by atoms with Crippen molar-refractivity contribution in [3.8, 4) is 17.6 Å². The molecule has 3 aromatic carbocycles. The number of aromatic carboxylic acids is 3. The molecule has 42 heteroatoms. The van der Waals surface area contributed by atoms with Gasteiger partial charge in [-0.3, -0.25) is 29.7 Å². The quantitative estimate of drug-likeness (QED) is 0.0306. The van der Waals surface area contributed by atoms with E-state index in [9.17, 15) is 44.1 Å². The number of hydrogen-bond donors (Lipinski definition) is 9. The summed E-state index contributed by atoms with van der Waals surface area (Å²) < 4.78 is 79.5. The van der Waals surface area contributed by atoms with Gasteiger partial charge in [0, 0.05) is 55.4 Å². The van der Waals surface area contributed by atoms with Gasteiger partial charge in [0.05, 0.1) is 19.0 Å². The maximum atomic E-state index is 12.1. The first-order valence-electron chi connectivity index (χ1n) is 37.2. The molecule has 0 bridgehead atoms. The lowest BCUT2D eigenvalue weighted by Gasteiger charge is -2.21. The number of urea groups is 3. The Morgan fingerprint density at radius 1 is 0.361 bits per heavy atom. The Morgan fingerprint density at radius 3 is 0.941 bits per heavy atom. The average Bonchev–Trinajstić information content (AvgIpc) is 1.60. The van der Waals surface area contributed by atoms with E-state index in [1.54, 1.807) is 27.5 Å². The van der Waals surface area contributed by atoms with Gasteiger partial charge in [0.25, 0.3) is 0 Å². The summed E-state index contributed by atoms with van der Waals surface area (Å²) in [4.78, 5) is 122. The van der Waals surface area contributed by atoms with Crippen LogP contribution in [0.15, 0.2) is 184 Å². The van der Waals surface area contributed by atoms with Gasteiger partial charge in [-0.25, -0.2) is 88.6 Å². The van der Waals surface area contributed by atoms with Crippen LogP contribution >= 0.6 is 0 Å². The minimum absolute atomic E-state index is 0.0287. The highest BCUT2D eigenvalue weighted by Gasteiger charge is 2.57. The first kappa shape index (κ1) is 78.9. The molecule has 0 saturated carbocycles. The number of carbonyl (C=O) groups excluding carboxylic acids is 3. The smallest absolute Gasteiger partial charge is 0.341 e. The Balaban J connectivity index is 0.000000133. The van der Waals surface area contributed by atoms with Crippen LogP contribution in [0.4, 0.5) is 31.8 Å². The molecule has 15 atom stereocenters. The lowest BCUT2D eigenvalue weighted by atomic mass is 10.1. The summed E-state index contributed by atoms with van der Waals surface area (Å²) in [5.41, 5.74) is 4.63. The summed E-state index contributed by atoms with van der Waals surface area (Å²) in [6.07, 6.45) is 3.31. The van der Waals surface area contributed by atoms with E-state index in [-0.39, 0.29) is 71.6 Å². The molecule has 6 fully saturated rings. The van der Waals surface area contributed by atoms with Gasteiger partial charge in [-0.1, -0.05) is 91.0 Å². The average molecular weight is 1630 g/mol. The van der Waals surface area contributed by atoms with Crippen molar-refractivity contribution < 1.29 is 101 Å². The van der Waals surface area contributed by atoms with Gasteiger partial charge < -0.3 is 88.1 Å². The van der Waals surface area contributed by atoms with Crippen molar-refractivity contribution in [2.75, 3.05) is 55.9 Å². The van der Waals surface area contributed by atoms with E-state index in [2.05, 4.69) is 91.7 Å². The molecule has 15 heterocycles. The summed E-state index contributed by atoms with van der Waals surface area (Å²) in [6, 6.07) is 36.0. The molecule has 6 amide bonds. The van der Waals surface area contributed by atoms with Gasteiger partial charge in [0.2, 0.25) is 17.6 Å². The summed E-state index contributed by atoms with van der Waals surface area (Å²) in [5.74, 6) is -2.84. The Labute approximate surface area is 671 Å². The molecular formula is C77H73N21O21. The highest BCUT2D eigenvalue weighted by molar-refractivity contribution is 5.98. The van der Waals surface area contributed by atoms with E-state index < -0.39 is 128 Å². The predicted molar refractivity (Wildman–Crippen MR) is 408 cm³/mol. The highest BCUT2D eigenvalue weighted by atomic mass is 16.8. The first-order chi connectivity index (χ1) is 58.1. The van der Waals surface area contributed by atoms with Crippen LogP contribution in [0.3, 0.4) is 0 Å². The van der Waals surface area contributed by atoms with E-state index in [1.165, 1.54) is 100 Å². The number of amides is 6. The third kappa shape index (κ3) is 16.6. The molecule has 9 aromatic heterocycles. The van der Waals surface area contributed by atoms with Gasteiger partial charge in [-0.05, 0) is 50.2 Å². The number of nitrogens with one attached hydrogen (secondary N) is 6. The fourth-order valence-corrected chi connectivity index (χ4v) is 14.1.